The van der Waals surface area contributed by atoms with Crippen molar-refractivity contribution in [3.63, 3.8) is 0 Å². The summed E-state index contributed by atoms with van der Waals surface area (Å²) in [6.07, 6.45) is 0. The van der Waals surface area contributed by atoms with Gasteiger partial charge in [0.1, 0.15) is 6.61 Å². The van der Waals surface area contributed by atoms with E-state index in [1.807, 2.05) is 0 Å². The van der Waals surface area contributed by atoms with E-state index in [4.69, 9.17) is 9.47 Å². The first kappa shape index (κ1) is 15.1. The fourth-order valence-electron chi connectivity index (χ4n) is 1.35. The summed E-state index contributed by atoms with van der Waals surface area (Å²) in [7, 11) is 2.86. The third kappa shape index (κ3) is 5.50. The van der Waals surface area contributed by atoms with Crippen LogP contribution in [0, 0.1) is 0 Å². The molecule has 0 fully saturated rings. The van der Waals surface area contributed by atoms with Gasteiger partial charge in [0.05, 0.1) is 25.9 Å². The molecule has 19 heavy (non-hydrogen) atoms. The van der Waals surface area contributed by atoms with Crippen LogP contribution in [0.4, 0.5) is 5.69 Å². The first-order chi connectivity index (χ1) is 9.17. The van der Waals surface area contributed by atoms with Gasteiger partial charge in [-0.3, -0.25) is 4.79 Å². The molecule has 0 bridgehead atoms. The lowest BCUT2D eigenvalue weighted by Crippen LogP contribution is -2.19. The fraction of sp³-hybridized carbons (Fsp3) is 0.385. The maximum absolute atomic E-state index is 11.5. The van der Waals surface area contributed by atoms with Gasteiger partial charge < -0.3 is 19.5 Å². The molecule has 0 unspecified atom stereocenters. The molecule has 1 N–H and O–H groups in total. The number of hydrogen-bond acceptors (Lipinski definition) is 5. The minimum atomic E-state index is -0.451. The average Bonchev–Trinajstić information content (AvgIpc) is 2.43. The van der Waals surface area contributed by atoms with Crippen LogP contribution in [0.1, 0.15) is 10.4 Å². The molecule has 0 spiro atoms. The first-order valence-electron chi connectivity index (χ1n) is 5.72. The van der Waals surface area contributed by atoms with E-state index in [1.165, 1.54) is 7.11 Å². The summed E-state index contributed by atoms with van der Waals surface area (Å²) in [6.45, 7) is 0.725. The second kappa shape index (κ2) is 8.23. The fourth-order valence-corrected chi connectivity index (χ4v) is 1.35. The van der Waals surface area contributed by atoms with Crippen LogP contribution in [0.3, 0.4) is 0 Å². The number of esters is 1. The molecule has 1 aromatic carbocycles. The summed E-state index contributed by atoms with van der Waals surface area (Å²) < 4.78 is 14.5. The Morgan fingerprint density at radius 1 is 1.21 bits per heavy atom. The molecule has 0 atom stereocenters. The second-order valence-corrected chi connectivity index (χ2v) is 3.67. The molecule has 0 saturated heterocycles. The summed E-state index contributed by atoms with van der Waals surface area (Å²) in [5, 5.41) is 2.63. The minimum absolute atomic E-state index is 0.0637. The highest BCUT2D eigenvalue weighted by molar-refractivity contribution is 5.94. The number of carbonyl (C=O) groups is 2. The van der Waals surface area contributed by atoms with E-state index < -0.39 is 5.97 Å². The Labute approximate surface area is 111 Å². The lowest BCUT2D eigenvalue weighted by atomic mass is 10.2. The number of nitrogens with one attached hydrogen (secondary N) is 1. The number of rotatable bonds is 7. The van der Waals surface area contributed by atoms with Crippen LogP contribution in [0.5, 0.6) is 0 Å². The van der Waals surface area contributed by atoms with Gasteiger partial charge in [0.25, 0.3) is 0 Å². The molecule has 0 aliphatic carbocycles. The van der Waals surface area contributed by atoms with Crippen molar-refractivity contribution in [3.05, 3.63) is 29.8 Å². The van der Waals surface area contributed by atoms with Gasteiger partial charge in [0.2, 0.25) is 5.91 Å². The maximum atomic E-state index is 11.5. The Hall–Kier alpha value is -1.92. The molecule has 0 saturated carbocycles. The van der Waals surface area contributed by atoms with E-state index in [0.717, 1.165) is 0 Å². The van der Waals surface area contributed by atoms with Crippen LogP contribution in [-0.2, 0) is 19.0 Å². The van der Waals surface area contributed by atoms with Crippen molar-refractivity contribution < 1.29 is 23.8 Å². The van der Waals surface area contributed by atoms with Crippen LogP contribution < -0.4 is 5.32 Å². The summed E-state index contributed by atoms with van der Waals surface area (Å²) >= 11 is 0. The van der Waals surface area contributed by atoms with Gasteiger partial charge in [-0.1, -0.05) is 6.07 Å². The number of anilines is 1. The number of amides is 1. The summed E-state index contributed by atoms with van der Waals surface area (Å²) in [6, 6.07) is 6.49. The van der Waals surface area contributed by atoms with Gasteiger partial charge in [0, 0.05) is 12.8 Å². The van der Waals surface area contributed by atoms with E-state index in [0.29, 0.717) is 24.5 Å². The molecule has 1 aromatic rings. The van der Waals surface area contributed by atoms with Crippen molar-refractivity contribution >= 4 is 17.6 Å². The Morgan fingerprint density at radius 2 is 2.00 bits per heavy atom. The molecule has 1 amide bonds. The number of ether oxygens (including phenoxy) is 3. The number of hydrogen-bond donors (Lipinski definition) is 1. The molecular formula is C13H17NO5. The molecule has 0 radical (unpaired) electrons. The molecular weight excluding hydrogens is 250 g/mol. The summed E-state index contributed by atoms with van der Waals surface area (Å²) in [5.41, 5.74) is 0.892. The van der Waals surface area contributed by atoms with Crippen molar-refractivity contribution in [1.82, 2.24) is 0 Å². The van der Waals surface area contributed by atoms with Gasteiger partial charge in [0.15, 0.2) is 0 Å². The van der Waals surface area contributed by atoms with Gasteiger partial charge in [-0.25, -0.2) is 4.79 Å². The lowest BCUT2D eigenvalue weighted by Gasteiger charge is -2.07. The monoisotopic (exact) mass is 267 g/mol. The van der Waals surface area contributed by atoms with Crippen LogP contribution in [0.2, 0.25) is 0 Å². The zero-order valence-corrected chi connectivity index (χ0v) is 11.0. The van der Waals surface area contributed by atoms with E-state index in [1.54, 1.807) is 31.4 Å². The van der Waals surface area contributed by atoms with E-state index in [-0.39, 0.29) is 12.5 Å². The van der Waals surface area contributed by atoms with E-state index in [9.17, 15) is 9.59 Å². The summed E-state index contributed by atoms with van der Waals surface area (Å²) in [5.74, 6) is -0.745. The molecule has 0 aliphatic heterocycles. The van der Waals surface area contributed by atoms with Gasteiger partial charge in [-0.2, -0.15) is 0 Å². The van der Waals surface area contributed by atoms with Gasteiger partial charge >= 0.3 is 5.97 Å². The predicted molar refractivity (Wildman–Crippen MR) is 69.1 cm³/mol. The topological polar surface area (TPSA) is 73.9 Å². The normalized spacial score (nSPS) is 10.0. The highest BCUT2D eigenvalue weighted by Crippen LogP contribution is 2.11. The molecule has 1 rings (SSSR count). The van der Waals surface area contributed by atoms with E-state index >= 15 is 0 Å². The number of benzene rings is 1. The Morgan fingerprint density at radius 3 is 2.68 bits per heavy atom. The Bertz CT molecular complexity index is 433. The molecule has 0 aromatic heterocycles. The lowest BCUT2D eigenvalue weighted by molar-refractivity contribution is -0.121. The first-order valence-corrected chi connectivity index (χ1v) is 5.72. The van der Waals surface area contributed by atoms with Crippen LogP contribution in [-0.4, -0.2) is 45.9 Å². The quantitative estimate of drug-likeness (QED) is 0.591. The van der Waals surface area contributed by atoms with Crippen molar-refractivity contribution in [2.75, 3.05) is 39.4 Å². The van der Waals surface area contributed by atoms with E-state index in [2.05, 4.69) is 10.1 Å². The van der Waals surface area contributed by atoms with Gasteiger partial charge in [-0.15, -0.1) is 0 Å². The zero-order valence-electron chi connectivity index (χ0n) is 11.0. The SMILES string of the molecule is COCCOCC(=O)Nc1cccc(C(=O)OC)c1. The third-order valence-corrected chi connectivity index (χ3v) is 2.23. The summed E-state index contributed by atoms with van der Waals surface area (Å²) in [4.78, 5) is 22.9. The van der Waals surface area contributed by atoms with Crippen LogP contribution >= 0.6 is 0 Å². The Kier molecular flexibility index (Phi) is 6.56. The molecule has 0 heterocycles. The number of methoxy groups -OCH3 is 2. The van der Waals surface area contributed by atoms with Crippen molar-refractivity contribution in [3.8, 4) is 0 Å². The maximum Gasteiger partial charge on any atom is 0.337 e. The standard InChI is InChI=1S/C13H17NO5/c1-17-6-7-19-9-12(15)14-11-5-3-4-10(8-11)13(16)18-2/h3-5,8H,6-7,9H2,1-2H3,(H,14,15). The van der Waals surface area contributed by atoms with Crippen molar-refractivity contribution in [2.24, 2.45) is 0 Å². The van der Waals surface area contributed by atoms with Crippen molar-refractivity contribution in [2.45, 2.75) is 0 Å². The zero-order chi connectivity index (χ0) is 14.1. The minimum Gasteiger partial charge on any atom is -0.465 e. The number of carbonyl (C=O) groups excluding carboxylic acids is 2. The smallest absolute Gasteiger partial charge is 0.337 e. The largest absolute Gasteiger partial charge is 0.465 e. The predicted octanol–water partition coefficient (Wildman–Crippen LogP) is 1.07. The van der Waals surface area contributed by atoms with Crippen LogP contribution in [0.15, 0.2) is 24.3 Å². The Balaban J connectivity index is 2.48. The molecule has 6 nitrogen and oxygen atoms in total. The highest BCUT2D eigenvalue weighted by atomic mass is 16.5. The second-order valence-electron chi connectivity index (χ2n) is 3.67. The van der Waals surface area contributed by atoms with Gasteiger partial charge in [-0.05, 0) is 18.2 Å². The third-order valence-electron chi connectivity index (χ3n) is 2.23. The van der Waals surface area contributed by atoms with Crippen LogP contribution in [0.25, 0.3) is 0 Å². The average molecular weight is 267 g/mol. The van der Waals surface area contributed by atoms with Crippen molar-refractivity contribution in [1.29, 1.82) is 0 Å². The molecule has 6 heteroatoms. The molecule has 0 aliphatic rings. The molecule has 104 valence electrons. The highest BCUT2D eigenvalue weighted by Gasteiger charge is 2.07.